The van der Waals surface area contributed by atoms with E-state index in [1.54, 1.807) is 36.4 Å². The average Bonchev–Trinajstić information content (AvgIpc) is 3.05. The molecule has 1 aliphatic heterocycles. The molecule has 0 spiro atoms. The maximum Gasteiger partial charge on any atom is 0.264 e. The molecule has 0 radical (unpaired) electrons. The van der Waals surface area contributed by atoms with Crippen molar-refractivity contribution < 1.29 is 27.5 Å². The number of carbonyl (C=O) groups excluding carboxylic acids is 2. The van der Waals surface area contributed by atoms with Crippen molar-refractivity contribution in [1.82, 2.24) is 10.2 Å². The summed E-state index contributed by atoms with van der Waals surface area (Å²) in [6.45, 7) is 4.23. The zero-order valence-corrected chi connectivity index (χ0v) is 26.2. The molecule has 3 aromatic rings. The number of nitrogens with one attached hydrogen (secondary N) is 1. The monoisotopic (exact) mass is 619 g/mol. The van der Waals surface area contributed by atoms with E-state index in [1.165, 1.54) is 17.0 Å². The van der Waals surface area contributed by atoms with Gasteiger partial charge in [0.05, 0.1) is 10.6 Å². The van der Waals surface area contributed by atoms with E-state index in [0.717, 1.165) is 47.5 Å². The van der Waals surface area contributed by atoms with Crippen LogP contribution in [0.5, 0.6) is 11.5 Å². The predicted molar refractivity (Wildman–Crippen MR) is 169 cm³/mol. The molecule has 0 bridgehead atoms. The average molecular weight is 620 g/mol. The molecule has 44 heavy (non-hydrogen) atoms. The Kier molecular flexibility index (Phi) is 10.1. The lowest BCUT2D eigenvalue weighted by molar-refractivity contribution is -0.140. The van der Waals surface area contributed by atoms with Gasteiger partial charge in [-0.25, -0.2) is 8.42 Å². The highest BCUT2D eigenvalue weighted by molar-refractivity contribution is 7.92. The van der Waals surface area contributed by atoms with E-state index >= 15 is 0 Å². The summed E-state index contributed by atoms with van der Waals surface area (Å²) in [5.74, 6) is 0.228. The normalized spacial score (nSPS) is 15.7. The summed E-state index contributed by atoms with van der Waals surface area (Å²) in [7, 11) is -4.18. The summed E-state index contributed by atoms with van der Waals surface area (Å²) < 4.78 is 40.7. The van der Waals surface area contributed by atoms with Gasteiger partial charge in [-0.2, -0.15) is 0 Å². The molecule has 0 aromatic heterocycles. The molecule has 5 rings (SSSR count). The fraction of sp³-hybridized carbons (Fsp3) is 0.412. The van der Waals surface area contributed by atoms with Crippen LogP contribution in [-0.4, -0.2) is 57.0 Å². The number of aryl methyl sites for hydroxylation is 1. The molecule has 1 heterocycles. The number of hydrogen-bond acceptors (Lipinski definition) is 6. The molecule has 1 aliphatic carbocycles. The fourth-order valence-corrected chi connectivity index (χ4v) is 7.30. The summed E-state index contributed by atoms with van der Waals surface area (Å²) in [5, 5.41) is 3.19. The van der Waals surface area contributed by atoms with Crippen LogP contribution in [-0.2, 0) is 26.2 Å². The van der Waals surface area contributed by atoms with E-state index in [9.17, 15) is 18.0 Å². The number of sulfonamides is 1. The van der Waals surface area contributed by atoms with Gasteiger partial charge in [-0.3, -0.25) is 13.9 Å². The van der Waals surface area contributed by atoms with E-state index in [0.29, 0.717) is 31.1 Å². The number of carbonyl (C=O) groups is 2. The summed E-state index contributed by atoms with van der Waals surface area (Å²) in [4.78, 5) is 29.7. The molecule has 3 aromatic carbocycles. The summed E-state index contributed by atoms with van der Waals surface area (Å²) in [6, 6.07) is 19.9. The Balaban J connectivity index is 1.51. The fourth-order valence-electron chi connectivity index (χ4n) is 5.87. The first-order valence-corrected chi connectivity index (χ1v) is 16.8. The van der Waals surface area contributed by atoms with Crippen LogP contribution in [0.25, 0.3) is 0 Å². The molecular formula is C34H41N3O6S. The number of ether oxygens (including phenoxy) is 2. The van der Waals surface area contributed by atoms with Gasteiger partial charge in [-0.1, -0.05) is 68.7 Å². The zero-order chi connectivity index (χ0) is 31.1. The van der Waals surface area contributed by atoms with Crippen molar-refractivity contribution in [1.29, 1.82) is 0 Å². The molecule has 2 aliphatic rings. The van der Waals surface area contributed by atoms with Crippen molar-refractivity contribution >= 4 is 27.5 Å². The van der Waals surface area contributed by atoms with E-state index in [4.69, 9.17) is 9.47 Å². The van der Waals surface area contributed by atoms with Crippen LogP contribution in [0.3, 0.4) is 0 Å². The Bertz CT molecular complexity index is 1560. The molecule has 1 N–H and O–H groups in total. The molecule has 1 saturated carbocycles. The Morgan fingerprint density at radius 2 is 1.59 bits per heavy atom. The number of rotatable bonds is 11. The smallest absolute Gasteiger partial charge is 0.264 e. The zero-order valence-electron chi connectivity index (χ0n) is 25.4. The third-order valence-electron chi connectivity index (χ3n) is 8.36. The van der Waals surface area contributed by atoms with Crippen LogP contribution < -0.4 is 19.1 Å². The Hall–Kier alpha value is -4.05. The lowest BCUT2D eigenvalue weighted by Crippen LogP contribution is -2.54. The minimum absolute atomic E-state index is 0.0511. The molecule has 10 heteroatoms. The number of benzene rings is 3. The van der Waals surface area contributed by atoms with E-state index in [2.05, 4.69) is 5.32 Å². The van der Waals surface area contributed by atoms with Gasteiger partial charge in [0, 0.05) is 18.7 Å². The van der Waals surface area contributed by atoms with E-state index in [1.807, 2.05) is 38.1 Å². The minimum Gasteiger partial charge on any atom is -0.486 e. The van der Waals surface area contributed by atoms with Crippen molar-refractivity contribution in [2.45, 2.75) is 75.9 Å². The van der Waals surface area contributed by atoms with Crippen LogP contribution in [0, 0.1) is 6.92 Å². The Labute approximate surface area is 260 Å². The summed E-state index contributed by atoms with van der Waals surface area (Å²) in [5.41, 5.74) is 2.14. The second-order valence-corrected chi connectivity index (χ2v) is 13.2. The molecule has 0 saturated heterocycles. The highest BCUT2D eigenvalue weighted by Crippen LogP contribution is 2.36. The summed E-state index contributed by atoms with van der Waals surface area (Å²) in [6.07, 6.45) is 5.51. The van der Waals surface area contributed by atoms with Crippen molar-refractivity contribution in [2.75, 3.05) is 24.1 Å². The summed E-state index contributed by atoms with van der Waals surface area (Å²) >= 11 is 0. The van der Waals surface area contributed by atoms with Crippen molar-refractivity contribution in [3.05, 3.63) is 83.9 Å². The SMILES string of the molecule is CCC(C(=O)NC1CCCCC1)N(Cc1ccccc1C)C(=O)CN(c1ccc2c(c1)OCCO2)S(=O)(=O)c1ccccc1. The van der Waals surface area contributed by atoms with Gasteiger partial charge in [-0.05, 0) is 61.6 Å². The standard InChI is InChI=1S/C34H41N3O6S/c1-3-30(34(39)35-27-14-6-4-7-15-27)36(23-26-13-11-10-12-25(26)2)33(38)24-37(44(40,41)29-16-8-5-9-17-29)28-18-19-31-32(22-28)43-21-20-42-31/h5,8-13,16-19,22,27,30H,3-4,6-7,14-15,20-21,23-24H2,1-2H3,(H,35,39). The van der Waals surface area contributed by atoms with E-state index in [-0.39, 0.29) is 29.1 Å². The topological polar surface area (TPSA) is 105 Å². The van der Waals surface area contributed by atoms with Gasteiger partial charge in [0.15, 0.2) is 11.5 Å². The van der Waals surface area contributed by atoms with Gasteiger partial charge in [0.25, 0.3) is 10.0 Å². The molecule has 1 atom stereocenters. The number of hydrogen-bond donors (Lipinski definition) is 1. The van der Waals surface area contributed by atoms with Crippen molar-refractivity contribution in [3.8, 4) is 11.5 Å². The van der Waals surface area contributed by atoms with Crippen LogP contribution in [0.4, 0.5) is 5.69 Å². The molecule has 1 fully saturated rings. The largest absolute Gasteiger partial charge is 0.486 e. The van der Waals surface area contributed by atoms with Crippen LogP contribution in [0.2, 0.25) is 0 Å². The molecule has 234 valence electrons. The molecule has 1 unspecified atom stereocenters. The molecule has 2 amide bonds. The first-order valence-electron chi connectivity index (χ1n) is 15.4. The van der Waals surface area contributed by atoms with Crippen molar-refractivity contribution in [3.63, 3.8) is 0 Å². The highest BCUT2D eigenvalue weighted by atomic mass is 32.2. The minimum atomic E-state index is -4.18. The number of nitrogens with zero attached hydrogens (tertiary/aromatic N) is 2. The van der Waals surface area contributed by atoms with Gasteiger partial charge in [0.1, 0.15) is 25.8 Å². The highest BCUT2D eigenvalue weighted by Gasteiger charge is 2.35. The lowest BCUT2D eigenvalue weighted by Gasteiger charge is -2.35. The second kappa shape index (κ2) is 14.2. The molecule has 9 nitrogen and oxygen atoms in total. The maximum absolute atomic E-state index is 14.4. The molecular weight excluding hydrogens is 578 g/mol. The number of amides is 2. The van der Waals surface area contributed by atoms with Crippen molar-refractivity contribution in [2.24, 2.45) is 0 Å². The first kappa shape index (κ1) is 31.4. The van der Waals surface area contributed by atoms with Crippen LogP contribution in [0.1, 0.15) is 56.6 Å². The van der Waals surface area contributed by atoms with Crippen LogP contribution >= 0.6 is 0 Å². The first-order chi connectivity index (χ1) is 21.3. The lowest BCUT2D eigenvalue weighted by atomic mass is 9.95. The van der Waals surface area contributed by atoms with Gasteiger partial charge >= 0.3 is 0 Å². The van der Waals surface area contributed by atoms with Gasteiger partial charge < -0.3 is 19.7 Å². The Morgan fingerprint density at radius 1 is 0.909 bits per heavy atom. The number of anilines is 1. The van der Waals surface area contributed by atoms with Gasteiger partial charge in [0.2, 0.25) is 11.8 Å². The van der Waals surface area contributed by atoms with Gasteiger partial charge in [-0.15, -0.1) is 0 Å². The third-order valence-corrected chi connectivity index (χ3v) is 10.2. The quantitative estimate of drug-likeness (QED) is 0.316. The number of fused-ring (bicyclic) bond motifs is 1. The Morgan fingerprint density at radius 3 is 2.30 bits per heavy atom. The predicted octanol–water partition coefficient (Wildman–Crippen LogP) is 5.22. The van der Waals surface area contributed by atoms with Crippen LogP contribution in [0.15, 0.2) is 77.7 Å². The second-order valence-electron chi connectivity index (χ2n) is 11.4. The third kappa shape index (κ3) is 7.18. The van der Waals surface area contributed by atoms with E-state index < -0.39 is 28.5 Å². The maximum atomic E-state index is 14.4.